The molecule has 1 heterocycles. The Morgan fingerprint density at radius 3 is 2.10 bits per heavy atom. The van der Waals surface area contributed by atoms with Crippen molar-refractivity contribution in [3.63, 3.8) is 0 Å². The number of imide groups is 1. The van der Waals surface area contributed by atoms with Crippen LogP contribution in [-0.2, 0) is 9.59 Å². The zero-order valence-corrected chi connectivity index (χ0v) is 16.8. The first kappa shape index (κ1) is 21.1. The molecule has 160 valence electrons. The number of halogens is 4. The summed E-state index contributed by atoms with van der Waals surface area (Å²) in [5.41, 5.74) is 0.179. The summed E-state index contributed by atoms with van der Waals surface area (Å²) >= 11 is 5.99. The Kier molecular flexibility index (Phi) is 5.58. The summed E-state index contributed by atoms with van der Waals surface area (Å²) in [4.78, 5) is 38.4. The zero-order valence-electron chi connectivity index (χ0n) is 16.0. The highest BCUT2D eigenvalue weighted by Crippen LogP contribution is 2.39. The van der Waals surface area contributed by atoms with Gasteiger partial charge >= 0.3 is 0 Å². The molecule has 31 heavy (non-hydrogen) atoms. The monoisotopic (exact) mass is 449 g/mol. The maximum atomic E-state index is 14.6. The molecule has 0 unspecified atom stereocenters. The second-order valence-electron chi connectivity index (χ2n) is 7.21. The third kappa shape index (κ3) is 3.95. The number of amides is 2. The molecule has 2 aromatic rings. The second kappa shape index (κ2) is 8.19. The van der Waals surface area contributed by atoms with Crippen molar-refractivity contribution in [2.24, 2.45) is 0 Å². The van der Waals surface area contributed by atoms with Gasteiger partial charge in [0.25, 0.3) is 11.8 Å². The van der Waals surface area contributed by atoms with Crippen LogP contribution in [-0.4, -0.2) is 24.2 Å². The van der Waals surface area contributed by atoms with E-state index >= 15 is 0 Å². The molecule has 0 radical (unpaired) electrons. The van der Waals surface area contributed by atoms with Gasteiger partial charge in [-0.05, 0) is 43.9 Å². The van der Waals surface area contributed by atoms with Gasteiger partial charge < -0.3 is 4.74 Å². The first-order valence-electron chi connectivity index (χ1n) is 9.48. The van der Waals surface area contributed by atoms with Gasteiger partial charge in [-0.3, -0.25) is 14.4 Å². The fourth-order valence-corrected chi connectivity index (χ4v) is 3.91. The minimum Gasteiger partial charge on any atom is -0.484 e. The number of carbonyl (C=O) groups is 3. The van der Waals surface area contributed by atoms with Crippen molar-refractivity contribution < 1.29 is 32.3 Å². The molecule has 2 aliphatic rings. The third-order valence-electron chi connectivity index (χ3n) is 5.18. The highest BCUT2D eigenvalue weighted by Gasteiger charge is 2.41. The lowest BCUT2D eigenvalue weighted by atomic mass is 9.93. The van der Waals surface area contributed by atoms with Crippen LogP contribution in [0, 0.1) is 17.5 Å². The quantitative estimate of drug-likeness (QED) is 0.487. The normalized spacial score (nSPS) is 16.1. The zero-order chi connectivity index (χ0) is 22.3. The number of carbonyl (C=O) groups excluding carboxylic acids is 3. The molecule has 0 spiro atoms. The average molecular weight is 450 g/mol. The Morgan fingerprint density at radius 1 is 0.935 bits per heavy atom. The van der Waals surface area contributed by atoms with E-state index < -0.39 is 41.7 Å². The molecule has 2 aromatic carbocycles. The van der Waals surface area contributed by atoms with E-state index in [0.717, 1.165) is 42.0 Å². The number of anilines is 1. The molecule has 1 aliphatic carbocycles. The Bertz CT molecular complexity index is 1110. The molecule has 9 heteroatoms. The van der Waals surface area contributed by atoms with Crippen LogP contribution < -0.4 is 9.64 Å². The smallest absolute Gasteiger partial charge is 0.261 e. The third-order valence-corrected chi connectivity index (χ3v) is 5.47. The molecule has 0 saturated heterocycles. The van der Waals surface area contributed by atoms with Crippen LogP contribution >= 0.6 is 11.6 Å². The van der Waals surface area contributed by atoms with Gasteiger partial charge in [-0.2, -0.15) is 0 Å². The van der Waals surface area contributed by atoms with Crippen LogP contribution in [0.5, 0.6) is 5.75 Å². The summed E-state index contributed by atoms with van der Waals surface area (Å²) in [7, 11) is 0. The lowest BCUT2D eigenvalue weighted by Crippen LogP contribution is -2.32. The second-order valence-corrected chi connectivity index (χ2v) is 7.62. The van der Waals surface area contributed by atoms with E-state index in [1.165, 1.54) is 0 Å². The molecule has 0 atom stereocenters. The van der Waals surface area contributed by atoms with Crippen LogP contribution in [0.2, 0.25) is 5.02 Å². The van der Waals surface area contributed by atoms with Gasteiger partial charge in [0, 0.05) is 28.8 Å². The van der Waals surface area contributed by atoms with Crippen LogP contribution in [0.3, 0.4) is 0 Å². The topological polar surface area (TPSA) is 63.7 Å². The number of hydrogen-bond acceptors (Lipinski definition) is 4. The lowest BCUT2D eigenvalue weighted by molar-refractivity contribution is -0.120. The van der Waals surface area contributed by atoms with Gasteiger partial charge in [0.15, 0.2) is 12.4 Å². The van der Waals surface area contributed by atoms with Crippen molar-refractivity contribution in [2.75, 3.05) is 11.5 Å². The fraction of sp³-hybridized carbons (Fsp3) is 0.227. The van der Waals surface area contributed by atoms with Crippen molar-refractivity contribution in [2.45, 2.75) is 25.7 Å². The van der Waals surface area contributed by atoms with E-state index in [9.17, 15) is 27.6 Å². The fourth-order valence-electron chi connectivity index (χ4n) is 3.70. The summed E-state index contributed by atoms with van der Waals surface area (Å²) in [5.74, 6) is -4.82. The van der Waals surface area contributed by atoms with E-state index in [4.69, 9.17) is 16.3 Å². The average Bonchev–Trinajstić information content (AvgIpc) is 2.97. The minimum atomic E-state index is -0.923. The van der Waals surface area contributed by atoms with Crippen molar-refractivity contribution in [3.05, 3.63) is 69.5 Å². The molecular weight excluding hydrogens is 435 g/mol. The number of hydrogen-bond donors (Lipinski definition) is 0. The number of benzene rings is 2. The van der Waals surface area contributed by atoms with E-state index in [2.05, 4.69) is 0 Å². The summed E-state index contributed by atoms with van der Waals surface area (Å²) in [5, 5.41) is -0.198. The van der Waals surface area contributed by atoms with Gasteiger partial charge in [-0.1, -0.05) is 11.6 Å². The van der Waals surface area contributed by atoms with Crippen LogP contribution in [0.25, 0.3) is 0 Å². The van der Waals surface area contributed by atoms with E-state index in [1.807, 2.05) is 0 Å². The first-order valence-corrected chi connectivity index (χ1v) is 9.86. The Labute approximate surface area is 180 Å². The van der Waals surface area contributed by atoms with Crippen LogP contribution in [0.15, 0.2) is 41.5 Å². The molecule has 0 N–H and O–H groups in total. The van der Waals surface area contributed by atoms with Crippen LogP contribution in [0.1, 0.15) is 36.0 Å². The van der Waals surface area contributed by atoms with E-state index in [1.54, 1.807) is 0 Å². The number of ether oxygens (including phenoxy) is 1. The molecular formula is C22H15ClF3NO4. The van der Waals surface area contributed by atoms with Gasteiger partial charge in [-0.15, -0.1) is 0 Å². The summed E-state index contributed by atoms with van der Waals surface area (Å²) in [6.45, 7) is -0.648. The van der Waals surface area contributed by atoms with Crippen molar-refractivity contribution in [1.82, 2.24) is 0 Å². The molecule has 1 aliphatic heterocycles. The van der Waals surface area contributed by atoms with E-state index in [0.29, 0.717) is 30.1 Å². The first-order chi connectivity index (χ1) is 14.8. The highest BCUT2D eigenvalue weighted by atomic mass is 35.5. The molecule has 5 nitrogen and oxygen atoms in total. The Morgan fingerprint density at radius 2 is 1.52 bits per heavy atom. The van der Waals surface area contributed by atoms with Gasteiger partial charge in [0.1, 0.15) is 23.2 Å². The van der Waals surface area contributed by atoms with Crippen LogP contribution in [0.4, 0.5) is 18.9 Å². The largest absolute Gasteiger partial charge is 0.484 e. The summed E-state index contributed by atoms with van der Waals surface area (Å²) < 4.78 is 46.6. The molecule has 0 fully saturated rings. The van der Waals surface area contributed by atoms with Gasteiger partial charge in [-0.25, -0.2) is 18.1 Å². The minimum absolute atomic E-state index is 0.159. The summed E-state index contributed by atoms with van der Waals surface area (Å²) in [6, 6.07) is 4.26. The predicted octanol–water partition coefficient (Wildman–Crippen LogP) is 4.76. The van der Waals surface area contributed by atoms with Gasteiger partial charge in [0.05, 0.1) is 10.7 Å². The molecule has 0 aromatic heterocycles. The highest BCUT2D eigenvalue weighted by molar-refractivity contribution is 6.34. The number of nitrogens with zero attached hydrogens (tertiary/aromatic N) is 1. The van der Waals surface area contributed by atoms with E-state index in [-0.39, 0.29) is 22.0 Å². The Balaban J connectivity index is 1.58. The lowest BCUT2D eigenvalue weighted by Gasteiger charge is -2.18. The molecule has 0 saturated carbocycles. The maximum Gasteiger partial charge on any atom is 0.261 e. The Hall–Kier alpha value is -3.13. The van der Waals surface area contributed by atoms with Crippen molar-refractivity contribution in [3.8, 4) is 5.75 Å². The van der Waals surface area contributed by atoms with Crippen molar-refractivity contribution >= 4 is 34.9 Å². The molecule has 4 rings (SSSR count). The number of Topliss-reactive ketones (excluding diaryl/α,β-unsaturated/α-hetero) is 1. The molecule has 2 amide bonds. The van der Waals surface area contributed by atoms with Gasteiger partial charge in [0.2, 0.25) is 0 Å². The maximum absolute atomic E-state index is 14.6. The molecule has 0 bridgehead atoms. The predicted molar refractivity (Wildman–Crippen MR) is 106 cm³/mol. The summed E-state index contributed by atoms with van der Waals surface area (Å²) in [6.07, 6.45) is 2.44. The van der Waals surface area contributed by atoms with Crippen molar-refractivity contribution in [1.29, 1.82) is 0 Å². The number of rotatable bonds is 5. The SMILES string of the molecule is O=C(COc1cc(N2C(=O)C3=C(CCCC3)C2=O)c(F)cc1Cl)c1cc(F)cc(F)c1. The standard InChI is InChI=1S/C22H15ClF3NO4/c23-16-8-17(26)18(27-21(29)14-3-1-2-4-15(14)22(27)30)9-20(16)31-10-19(28)11-5-12(24)7-13(25)6-11/h5-9H,1-4,10H2. The number of ketones is 1.